The molecule has 0 aliphatic rings. The van der Waals surface area contributed by atoms with Crippen LogP contribution in [-0.4, -0.2) is 4.98 Å². The Hall–Kier alpha value is -1.33. The van der Waals surface area contributed by atoms with E-state index >= 15 is 0 Å². The second-order valence-electron chi connectivity index (χ2n) is 3.34. The summed E-state index contributed by atoms with van der Waals surface area (Å²) in [7, 11) is 0. The molecule has 0 bridgehead atoms. The zero-order valence-electron chi connectivity index (χ0n) is 8.11. The molecule has 1 aromatic carbocycles. The van der Waals surface area contributed by atoms with Crippen molar-refractivity contribution >= 4 is 44.1 Å². The van der Waals surface area contributed by atoms with Crippen LogP contribution >= 0.6 is 27.3 Å². The zero-order valence-corrected chi connectivity index (χ0v) is 10.5. The average Bonchev–Trinajstić information content (AvgIpc) is 2.82. The monoisotopic (exact) mass is 294 g/mol. The van der Waals surface area contributed by atoms with E-state index in [4.69, 9.17) is 10.2 Å². The predicted octanol–water partition coefficient (Wildman–Crippen LogP) is 3.90. The number of hydrogen-bond acceptors (Lipinski definition) is 4. The van der Waals surface area contributed by atoms with Gasteiger partial charge in [-0.25, -0.2) is 4.98 Å². The van der Waals surface area contributed by atoms with Gasteiger partial charge in [0.05, 0.1) is 5.69 Å². The molecule has 0 aliphatic heterocycles. The molecule has 0 saturated heterocycles. The van der Waals surface area contributed by atoms with Crippen molar-refractivity contribution in [3.8, 4) is 10.8 Å². The Morgan fingerprint density at radius 1 is 1.31 bits per heavy atom. The third-order valence-electron chi connectivity index (χ3n) is 2.24. The first kappa shape index (κ1) is 9.86. The second kappa shape index (κ2) is 3.61. The number of nitrogens with zero attached hydrogens (tertiary/aromatic N) is 1. The van der Waals surface area contributed by atoms with Gasteiger partial charge in [-0.1, -0.05) is 15.9 Å². The number of fused-ring (bicyclic) bond motifs is 1. The first-order valence-corrected chi connectivity index (χ1v) is 6.31. The van der Waals surface area contributed by atoms with E-state index in [1.807, 2.05) is 29.6 Å². The summed E-state index contributed by atoms with van der Waals surface area (Å²) in [6, 6.07) is 7.59. The van der Waals surface area contributed by atoms with Gasteiger partial charge in [-0.2, -0.15) is 0 Å². The second-order valence-corrected chi connectivity index (χ2v) is 5.17. The number of aromatic nitrogens is 1. The molecule has 5 heteroatoms. The molecule has 80 valence electrons. The summed E-state index contributed by atoms with van der Waals surface area (Å²) in [6.45, 7) is 0. The molecule has 0 unspecified atom stereocenters. The highest BCUT2D eigenvalue weighted by Gasteiger charge is 2.12. The molecule has 0 amide bonds. The normalized spacial score (nSPS) is 11.1. The predicted molar refractivity (Wildman–Crippen MR) is 69.4 cm³/mol. The first-order chi connectivity index (χ1) is 7.74. The van der Waals surface area contributed by atoms with Crippen molar-refractivity contribution in [3.63, 3.8) is 0 Å². The summed E-state index contributed by atoms with van der Waals surface area (Å²) >= 11 is 4.93. The molecule has 3 rings (SSSR count). The fourth-order valence-corrected chi connectivity index (χ4v) is 2.58. The SMILES string of the molecule is Nc1ccsc1-c1nc2cc(Br)ccc2o1. The van der Waals surface area contributed by atoms with Gasteiger partial charge in [0.1, 0.15) is 10.4 Å². The van der Waals surface area contributed by atoms with Gasteiger partial charge in [-0.3, -0.25) is 0 Å². The molecule has 3 nitrogen and oxygen atoms in total. The van der Waals surface area contributed by atoms with Gasteiger partial charge in [0.2, 0.25) is 5.89 Å². The largest absolute Gasteiger partial charge is 0.435 e. The van der Waals surface area contributed by atoms with Crippen molar-refractivity contribution in [1.82, 2.24) is 4.98 Å². The smallest absolute Gasteiger partial charge is 0.239 e. The van der Waals surface area contributed by atoms with Crippen LogP contribution in [-0.2, 0) is 0 Å². The van der Waals surface area contributed by atoms with E-state index in [0.29, 0.717) is 11.6 Å². The van der Waals surface area contributed by atoms with Crippen LogP contribution in [0.5, 0.6) is 0 Å². The Morgan fingerprint density at radius 3 is 2.94 bits per heavy atom. The number of halogens is 1. The fraction of sp³-hybridized carbons (Fsp3) is 0. The number of oxazole rings is 1. The number of nitrogen functional groups attached to an aromatic ring is 1. The Bertz CT molecular complexity index is 659. The third-order valence-corrected chi connectivity index (χ3v) is 3.65. The Kier molecular flexibility index (Phi) is 2.22. The van der Waals surface area contributed by atoms with E-state index in [2.05, 4.69) is 20.9 Å². The Labute approximate surface area is 104 Å². The van der Waals surface area contributed by atoms with Crippen LogP contribution in [0.1, 0.15) is 0 Å². The summed E-state index contributed by atoms with van der Waals surface area (Å²) < 4.78 is 6.63. The summed E-state index contributed by atoms with van der Waals surface area (Å²) in [4.78, 5) is 5.29. The van der Waals surface area contributed by atoms with Crippen LogP contribution in [0.2, 0.25) is 0 Å². The van der Waals surface area contributed by atoms with Crippen molar-refractivity contribution in [2.24, 2.45) is 0 Å². The number of anilines is 1. The highest BCUT2D eigenvalue weighted by Crippen LogP contribution is 2.33. The molecule has 3 aromatic rings. The van der Waals surface area contributed by atoms with Gasteiger partial charge < -0.3 is 10.2 Å². The highest BCUT2D eigenvalue weighted by atomic mass is 79.9. The molecule has 0 aliphatic carbocycles. The van der Waals surface area contributed by atoms with E-state index in [0.717, 1.165) is 20.4 Å². The van der Waals surface area contributed by atoms with Crippen molar-refractivity contribution in [3.05, 3.63) is 34.1 Å². The van der Waals surface area contributed by atoms with Gasteiger partial charge in [0.25, 0.3) is 0 Å². The lowest BCUT2D eigenvalue weighted by Crippen LogP contribution is -1.83. The van der Waals surface area contributed by atoms with E-state index in [1.54, 1.807) is 0 Å². The van der Waals surface area contributed by atoms with Gasteiger partial charge in [-0.15, -0.1) is 11.3 Å². The quantitative estimate of drug-likeness (QED) is 0.740. The van der Waals surface area contributed by atoms with Crippen LogP contribution in [0.4, 0.5) is 5.69 Å². The molecule has 0 spiro atoms. The minimum absolute atomic E-state index is 0.584. The highest BCUT2D eigenvalue weighted by molar-refractivity contribution is 9.10. The molecule has 0 radical (unpaired) electrons. The maximum Gasteiger partial charge on any atom is 0.239 e. The molecule has 0 atom stereocenters. The lowest BCUT2D eigenvalue weighted by molar-refractivity contribution is 0.622. The Balaban J connectivity index is 2.23. The van der Waals surface area contributed by atoms with Crippen molar-refractivity contribution in [2.75, 3.05) is 5.73 Å². The van der Waals surface area contributed by atoms with Gasteiger partial charge in [0.15, 0.2) is 5.58 Å². The minimum Gasteiger partial charge on any atom is -0.435 e. The van der Waals surface area contributed by atoms with E-state index in [-0.39, 0.29) is 0 Å². The maximum absolute atomic E-state index is 5.83. The molecule has 2 heterocycles. The maximum atomic E-state index is 5.83. The van der Waals surface area contributed by atoms with Gasteiger partial charge >= 0.3 is 0 Å². The van der Waals surface area contributed by atoms with Crippen LogP contribution in [0.25, 0.3) is 21.9 Å². The molecular weight excluding hydrogens is 288 g/mol. The van der Waals surface area contributed by atoms with Crippen LogP contribution in [0.3, 0.4) is 0 Å². The number of thiophene rings is 1. The number of benzene rings is 1. The van der Waals surface area contributed by atoms with Crippen LogP contribution < -0.4 is 5.73 Å². The van der Waals surface area contributed by atoms with Gasteiger partial charge in [-0.05, 0) is 29.6 Å². The molecule has 0 fully saturated rings. The standard InChI is InChI=1S/C11H7BrN2OS/c12-6-1-2-9-8(5-6)14-11(15-9)10-7(13)3-4-16-10/h1-5H,13H2. The number of hydrogen-bond donors (Lipinski definition) is 1. The van der Waals surface area contributed by atoms with Crippen molar-refractivity contribution in [2.45, 2.75) is 0 Å². The van der Waals surface area contributed by atoms with Crippen LogP contribution in [0, 0.1) is 0 Å². The van der Waals surface area contributed by atoms with Gasteiger partial charge in [0, 0.05) is 4.47 Å². The Morgan fingerprint density at radius 2 is 2.19 bits per heavy atom. The van der Waals surface area contributed by atoms with Crippen LogP contribution in [0.15, 0.2) is 38.5 Å². The lowest BCUT2D eigenvalue weighted by Gasteiger charge is -1.90. The van der Waals surface area contributed by atoms with E-state index in [1.165, 1.54) is 11.3 Å². The summed E-state index contributed by atoms with van der Waals surface area (Å²) in [6.07, 6.45) is 0. The molecule has 16 heavy (non-hydrogen) atoms. The first-order valence-electron chi connectivity index (χ1n) is 4.63. The minimum atomic E-state index is 0.584. The average molecular weight is 295 g/mol. The lowest BCUT2D eigenvalue weighted by atomic mass is 10.3. The van der Waals surface area contributed by atoms with Crippen molar-refractivity contribution < 1.29 is 4.42 Å². The third kappa shape index (κ3) is 1.52. The van der Waals surface area contributed by atoms with E-state index in [9.17, 15) is 0 Å². The summed E-state index contributed by atoms with van der Waals surface area (Å²) in [5.74, 6) is 0.584. The zero-order chi connectivity index (χ0) is 11.1. The summed E-state index contributed by atoms with van der Waals surface area (Å²) in [5.41, 5.74) is 8.13. The molecular formula is C11H7BrN2OS. The molecule has 0 saturated carbocycles. The van der Waals surface area contributed by atoms with Crippen molar-refractivity contribution in [1.29, 1.82) is 0 Å². The van der Waals surface area contributed by atoms with E-state index < -0.39 is 0 Å². The topological polar surface area (TPSA) is 52.0 Å². The summed E-state index contributed by atoms with van der Waals surface area (Å²) in [5, 5.41) is 1.93. The molecule has 2 aromatic heterocycles. The number of nitrogens with two attached hydrogens (primary N) is 1. The number of rotatable bonds is 1. The fourth-order valence-electron chi connectivity index (χ4n) is 1.49. The molecule has 2 N–H and O–H groups in total.